The fourth-order valence-corrected chi connectivity index (χ4v) is 7.60. The van der Waals surface area contributed by atoms with Crippen LogP contribution in [0.15, 0.2) is 176 Å². The highest BCUT2D eigenvalue weighted by Crippen LogP contribution is 2.40. The van der Waals surface area contributed by atoms with Crippen LogP contribution in [0.4, 0.5) is 0 Å². The maximum Gasteiger partial charge on any atom is 0.0547 e. The van der Waals surface area contributed by atoms with Crippen LogP contribution in [0.2, 0.25) is 0 Å². The molecule has 0 fully saturated rings. The first-order valence-electron chi connectivity index (χ1n) is 16.3. The predicted molar refractivity (Wildman–Crippen MR) is 202 cm³/mol. The molecule has 0 atom stereocenters. The first-order chi connectivity index (χ1) is 23.3. The molecule has 0 spiro atoms. The topological polar surface area (TPSA) is 4.93 Å². The van der Waals surface area contributed by atoms with Gasteiger partial charge in [0.15, 0.2) is 0 Å². The van der Waals surface area contributed by atoms with Crippen LogP contribution in [0, 0.1) is 0 Å². The smallest absolute Gasteiger partial charge is 0.0547 e. The Labute approximate surface area is 272 Å². The Hall–Kier alpha value is -6.18. The molecule has 0 aliphatic heterocycles. The lowest BCUT2D eigenvalue weighted by Gasteiger charge is -2.12. The molecule has 1 heterocycles. The summed E-state index contributed by atoms with van der Waals surface area (Å²) in [6.07, 6.45) is 0. The molecule has 0 aliphatic rings. The van der Waals surface area contributed by atoms with Crippen LogP contribution < -0.4 is 0 Å². The molecule has 10 aromatic rings. The molecule has 0 radical (unpaired) electrons. The van der Waals surface area contributed by atoms with E-state index in [1.165, 1.54) is 92.8 Å². The molecular weight excluding hydrogens is 567 g/mol. The average Bonchev–Trinajstić information content (AvgIpc) is 3.48. The van der Waals surface area contributed by atoms with Gasteiger partial charge in [0.05, 0.1) is 16.7 Å². The van der Waals surface area contributed by atoms with Crippen molar-refractivity contribution in [1.29, 1.82) is 0 Å². The number of para-hydroxylation sites is 1. The molecule has 9 aromatic carbocycles. The fraction of sp³-hybridized carbons (Fsp3) is 0. The SMILES string of the molecule is c1ccc2cc(-c3ccc4cc(-c5ccc6ccc7c(c6c5)c5ccccc5n7-c5cccc6ccccc56)ccc4c3)ccc2c1. The zero-order valence-corrected chi connectivity index (χ0v) is 25.7. The highest BCUT2D eigenvalue weighted by Gasteiger charge is 2.16. The molecular formula is C46H29N. The molecule has 1 heteroatoms. The number of aromatic nitrogens is 1. The zero-order valence-electron chi connectivity index (χ0n) is 25.7. The second kappa shape index (κ2) is 10.2. The fourth-order valence-electron chi connectivity index (χ4n) is 7.60. The van der Waals surface area contributed by atoms with E-state index in [0.717, 1.165) is 0 Å². The van der Waals surface area contributed by atoms with Crippen LogP contribution in [0.3, 0.4) is 0 Å². The van der Waals surface area contributed by atoms with Gasteiger partial charge in [-0.25, -0.2) is 0 Å². The van der Waals surface area contributed by atoms with E-state index in [4.69, 9.17) is 0 Å². The summed E-state index contributed by atoms with van der Waals surface area (Å²) in [7, 11) is 0. The van der Waals surface area contributed by atoms with Crippen molar-refractivity contribution in [3.05, 3.63) is 176 Å². The van der Waals surface area contributed by atoms with Crippen LogP contribution >= 0.6 is 0 Å². The molecule has 0 aliphatic carbocycles. The van der Waals surface area contributed by atoms with Gasteiger partial charge in [-0.05, 0) is 102 Å². The molecule has 0 amide bonds. The van der Waals surface area contributed by atoms with E-state index < -0.39 is 0 Å². The van der Waals surface area contributed by atoms with Gasteiger partial charge in [0.1, 0.15) is 0 Å². The molecule has 218 valence electrons. The Morgan fingerprint density at radius 3 is 1.51 bits per heavy atom. The zero-order chi connectivity index (χ0) is 30.9. The Bertz CT molecular complexity index is 2850. The van der Waals surface area contributed by atoms with Gasteiger partial charge < -0.3 is 4.57 Å². The minimum Gasteiger partial charge on any atom is -0.309 e. The molecule has 1 nitrogen and oxygen atoms in total. The summed E-state index contributed by atoms with van der Waals surface area (Å²) < 4.78 is 2.45. The van der Waals surface area contributed by atoms with Gasteiger partial charge in [0.25, 0.3) is 0 Å². The summed E-state index contributed by atoms with van der Waals surface area (Å²) >= 11 is 0. The van der Waals surface area contributed by atoms with Crippen molar-refractivity contribution < 1.29 is 0 Å². The predicted octanol–water partition coefficient (Wildman–Crippen LogP) is 12.7. The second-order valence-electron chi connectivity index (χ2n) is 12.6. The van der Waals surface area contributed by atoms with Crippen molar-refractivity contribution in [2.45, 2.75) is 0 Å². The molecule has 0 saturated heterocycles. The Morgan fingerprint density at radius 1 is 0.277 bits per heavy atom. The Kier molecular flexibility index (Phi) is 5.64. The van der Waals surface area contributed by atoms with Crippen molar-refractivity contribution in [2.75, 3.05) is 0 Å². The van der Waals surface area contributed by atoms with Gasteiger partial charge in [-0.1, -0.05) is 133 Å². The standard InChI is InChI=1S/C46H29N/c1-2-10-33-26-34(18-16-30(33)8-1)35-20-21-37-28-38(23-22-36(37)27-35)39-19-17-32-24-25-45-46(42(32)29-39)41-13-5-6-14-44(41)47(45)43-15-7-11-31-9-3-4-12-40(31)43/h1-29H. The summed E-state index contributed by atoms with van der Waals surface area (Å²) in [5, 5.41) is 12.7. The van der Waals surface area contributed by atoms with Crippen LogP contribution in [0.25, 0.3) is 92.8 Å². The lowest BCUT2D eigenvalue weighted by molar-refractivity contribution is 1.20. The van der Waals surface area contributed by atoms with E-state index in [2.05, 4.69) is 180 Å². The quantitative estimate of drug-likeness (QED) is 0.191. The summed E-state index contributed by atoms with van der Waals surface area (Å²) in [4.78, 5) is 0. The van der Waals surface area contributed by atoms with E-state index in [0.29, 0.717) is 0 Å². The molecule has 10 rings (SSSR count). The number of benzene rings is 9. The highest BCUT2D eigenvalue weighted by molar-refractivity contribution is 6.22. The summed E-state index contributed by atoms with van der Waals surface area (Å²) in [5.74, 6) is 0. The normalized spacial score (nSPS) is 11.8. The second-order valence-corrected chi connectivity index (χ2v) is 12.6. The minimum absolute atomic E-state index is 1.21. The number of fused-ring (bicyclic) bond motifs is 8. The van der Waals surface area contributed by atoms with Crippen molar-refractivity contribution >= 4 is 64.9 Å². The van der Waals surface area contributed by atoms with Crippen LogP contribution in [-0.4, -0.2) is 4.57 Å². The number of nitrogens with zero attached hydrogens (tertiary/aromatic N) is 1. The molecule has 0 N–H and O–H groups in total. The third-order valence-corrected chi connectivity index (χ3v) is 9.92. The van der Waals surface area contributed by atoms with Gasteiger partial charge >= 0.3 is 0 Å². The van der Waals surface area contributed by atoms with Gasteiger partial charge in [-0.2, -0.15) is 0 Å². The van der Waals surface area contributed by atoms with E-state index in [1.54, 1.807) is 0 Å². The molecule has 1 aromatic heterocycles. The van der Waals surface area contributed by atoms with E-state index in [1.807, 2.05) is 0 Å². The van der Waals surface area contributed by atoms with E-state index in [9.17, 15) is 0 Å². The lowest BCUT2D eigenvalue weighted by Crippen LogP contribution is -1.95. The van der Waals surface area contributed by atoms with E-state index in [-0.39, 0.29) is 0 Å². The molecule has 0 bridgehead atoms. The third kappa shape index (κ3) is 4.10. The third-order valence-electron chi connectivity index (χ3n) is 9.92. The number of hydrogen-bond acceptors (Lipinski definition) is 0. The number of rotatable bonds is 3. The van der Waals surface area contributed by atoms with Gasteiger partial charge in [0.2, 0.25) is 0 Å². The highest BCUT2D eigenvalue weighted by atomic mass is 15.0. The van der Waals surface area contributed by atoms with Gasteiger partial charge in [-0.15, -0.1) is 0 Å². The first kappa shape index (κ1) is 26.1. The van der Waals surface area contributed by atoms with Crippen LogP contribution in [0.5, 0.6) is 0 Å². The molecule has 0 unspecified atom stereocenters. The van der Waals surface area contributed by atoms with Crippen LogP contribution in [-0.2, 0) is 0 Å². The van der Waals surface area contributed by atoms with Crippen LogP contribution in [0.1, 0.15) is 0 Å². The van der Waals surface area contributed by atoms with Crippen molar-refractivity contribution in [3.63, 3.8) is 0 Å². The summed E-state index contributed by atoms with van der Waals surface area (Å²) in [6.45, 7) is 0. The summed E-state index contributed by atoms with van der Waals surface area (Å²) in [5.41, 5.74) is 8.61. The molecule has 47 heavy (non-hydrogen) atoms. The van der Waals surface area contributed by atoms with Gasteiger partial charge in [0, 0.05) is 16.2 Å². The maximum atomic E-state index is 2.45. The Balaban J connectivity index is 1.13. The minimum atomic E-state index is 1.21. The van der Waals surface area contributed by atoms with Crippen molar-refractivity contribution in [3.8, 4) is 27.9 Å². The van der Waals surface area contributed by atoms with Gasteiger partial charge in [-0.3, -0.25) is 0 Å². The number of hydrogen-bond donors (Lipinski definition) is 0. The Morgan fingerprint density at radius 2 is 0.766 bits per heavy atom. The first-order valence-corrected chi connectivity index (χ1v) is 16.3. The van der Waals surface area contributed by atoms with Crippen molar-refractivity contribution in [1.82, 2.24) is 4.57 Å². The van der Waals surface area contributed by atoms with Crippen molar-refractivity contribution in [2.24, 2.45) is 0 Å². The maximum absolute atomic E-state index is 2.45. The largest absolute Gasteiger partial charge is 0.309 e. The average molecular weight is 596 g/mol. The monoisotopic (exact) mass is 595 g/mol. The lowest BCUT2D eigenvalue weighted by atomic mass is 9.95. The summed E-state index contributed by atoms with van der Waals surface area (Å²) in [6, 6.07) is 64.6. The van der Waals surface area contributed by atoms with E-state index >= 15 is 0 Å². The molecule has 0 saturated carbocycles.